The molecule has 2 aromatic rings. The van der Waals surface area contributed by atoms with Gasteiger partial charge in [-0.15, -0.1) is 11.3 Å². The lowest BCUT2D eigenvalue weighted by Crippen LogP contribution is -2.33. The second-order valence-corrected chi connectivity index (χ2v) is 5.98. The van der Waals surface area contributed by atoms with Gasteiger partial charge in [-0.05, 0) is 11.4 Å². The van der Waals surface area contributed by atoms with E-state index < -0.39 is 24.5 Å². The first-order valence-corrected chi connectivity index (χ1v) is 8.27. The molecular formula is C13H13N3O5S2. The van der Waals surface area contributed by atoms with E-state index in [0.29, 0.717) is 5.03 Å². The Morgan fingerprint density at radius 3 is 2.91 bits per heavy atom. The molecule has 23 heavy (non-hydrogen) atoms. The van der Waals surface area contributed by atoms with E-state index in [9.17, 15) is 14.4 Å². The minimum Gasteiger partial charge on any atom is -0.468 e. The Bertz CT molecular complexity index is 718. The fourth-order valence-electron chi connectivity index (χ4n) is 1.49. The number of ether oxygens (including phenoxy) is 2. The second kappa shape index (κ2) is 8.44. The van der Waals surface area contributed by atoms with Gasteiger partial charge in [0.25, 0.3) is 5.91 Å². The number of fused-ring (bicyclic) bond motifs is 1. The first-order chi connectivity index (χ1) is 11.1. The third-order valence-electron chi connectivity index (χ3n) is 2.57. The van der Waals surface area contributed by atoms with Crippen LogP contribution in [0.15, 0.2) is 22.8 Å². The van der Waals surface area contributed by atoms with Gasteiger partial charge in [0.2, 0.25) is 0 Å². The zero-order chi connectivity index (χ0) is 16.7. The number of aromatic nitrogens is 2. The van der Waals surface area contributed by atoms with E-state index in [1.165, 1.54) is 36.5 Å². The van der Waals surface area contributed by atoms with Gasteiger partial charge in [0.1, 0.15) is 22.7 Å². The van der Waals surface area contributed by atoms with Crippen molar-refractivity contribution in [1.82, 2.24) is 15.3 Å². The van der Waals surface area contributed by atoms with Crippen LogP contribution in [0.25, 0.3) is 10.2 Å². The lowest BCUT2D eigenvalue weighted by molar-refractivity contribution is -0.146. The SMILES string of the molecule is COC(=O)CNC(=O)COC(=O)CSc1ncnc2sccc12. The minimum atomic E-state index is -0.580. The molecule has 0 bridgehead atoms. The zero-order valence-corrected chi connectivity index (χ0v) is 13.7. The molecule has 0 atom stereocenters. The number of hydrogen-bond acceptors (Lipinski definition) is 9. The van der Waals surface area contributed by atoms with E-state index in [-0.39, 0.29) is 12.3 Å². The van der Waals surface area contributed by atoms with E-state index in [2.05, 4.69) is 20.0 Å². The number of esters is 2. The molecule has 0 unspecified atom stereocenters. The Labute approximate surface area is 139 Å². The van der Waals surface area contributed by atoms with E-state index in [4.69, 9.17) is 4.74 Å². The molecule has 0 saturated heterocycles. The van der Waals surface area contributed by atoms with Crippen LogP contribution in [0.5, 0.6) is 0 Å². The molecule has 10 heteroatoms. The average molecular weight is 355 g/mol. The molecule has 1 amide bonds. The number of carbonyl (C=O) groups excluding carboxylic acids is 3. The fraction of sp³-hybridized carbons (Fsp3) is 0.308. The third-order valence-corrected chi connectivity index (χ3v) is 4.37. The lowest BCUT2D eigenvalue weighted by Gasteiger charge is -2.05. The highest BCUT2D eigenvalue weighted by Crippen LogP contribution is 2.27. The standard InChI is InChI=1S/C13H13N3O5S2/c1-20-10(18)4-14-9(17)5-21-11(19)6-23-13-8-2-3-22-12(8)15-7-16-13/h2-3,7H,4-6H2,1H3,(H,14,17). The summed E-state index contributed by atoms with van der Waals surface area (Å²) in [6.07, 6.45) is 1.44. The highest BCUT2D eigenvalue weighted by molar-refractivity contribution is 8.00. The summed E-state index contributed by atoms with van der Waals surface area (Å²) < 4.78 is 9.19. The molecule has 0 radical (unpaired) electrons. The normalized spacial score (nSPS) is 10.3. The maximum atomic E-state index is 11.6. The van der Waals surface area contributed by atoms with Crippen LogP contribution < -0.4 is 5.32 Å². The molecule has 0 spiro atoms. The monoisotopic (exact) mass is 355 g/mol. The van der Waals surface area contributed by atoms with Crippen LogP contribution in [0.4, 0.5) is 0 Å². The van der Waals surface area contributed by atoms with Gasteiger partial charge in [-0.3, -0.25) is 14.4 Å². The van der Waals surface area contributed by atoms with Gasteiger partial charge < -0.3 is 14.8 Å². The average Bonchev–Trinajstić information content (AvgIpc) is 3.04. The Morgan fingerprint density at radius 2 is 2.13 bits per heavy atom. The Balaban J connectivity index is 1.74. The largest absolute Gasteiger partial charge is 0.468 e. The van der Waals surface area contributed by atoms with Crippen molar-refractivity contribution >= 4 is 51.2 Å². The molecule has 0 saturated carbocycles. The van der Waals surface area contributed by atoms with Crippen LogP contribution in [-0.2, 0) is 23.9 Å². The van der Waals surface area contributed by atoms with Gasteiger partial charge in [-0.2, -0.15) is 0 Å². The predicted octanol–water partition coefficient (Wildman–Crippen LogP) is 0.616. The summed E-state index contributed by atoms with van der Waals surface area (Å²) >= 11 is 2.70. The maximum Gasteiger partial charge on any atom is 0.325 e. The van der Waals surface area contributed by atoms with Crippen LogP contribution in [0.3, 0.4) is 0 Å². The number of methoxy groups -OCH3 is 1. The first-order valence-electron chi connectivity index (χ1n) is 6.40. The Morgan fingerprint density at radius 1 is 1.30 bits per heavy atom. The quantitative estimate of drug-likeness (QED) is 0.437. The molecule has 0 aliphatic heterocycles. The summed E-state index contributed by atoms with van der Waals surface area (Å²) in [5.74, 6) is -1.68. The number of thioether (sulfide) groups is 1. The first kappa shape index (κ1) is 17.2. The number of amides is 1. The summed E-state index contributed by atoms with van der Waals surface area (Å²) in [5, 5.41) is 5.73. The van der Waals surface area contributed by atoms with Crippen molar-refractivity contribution in [3.8, 4) is 0 Å². The third kappa shape index (κ3) is 5.18. The van der Waals surface area contributed by atoms with Crippen molar-refractivity contribution in [2.45, 2.75) is 5.03 Å². The Kier molecular flexibility index (Phi) is 6.29. The molecule has 2 rings (SSSR count). The molecule has 0 aromatic carbocycles. The molecule has 0 fully saturated rings. The van der Waals surface area contributed by atoms with Gasteiger partial charge >= 0.3 is 11.9 Å². The molecule has 2 heterocycles. The van der Waals surface area contributed by atoms with E-state index in [1.807, 2.05) is 11.4 Å². The number of carbonyl (C=O) groups is 3. The van der Waals surface area contributed by atoms with E-state index in [1.54, 1.807) is 0 Å². The molecule has 2 aromatic heterocycles. The molecule has 0 aliphatic rings. The second-order valence-electron chi connectivity index (χ2n) is 4.12. The molecule has 1 N–H and O–H groups in total. The highest BCUT2D eigenvalue weighted by atomic mass is 32.2. The van der Waals surface area contributed by atoms with Gasteiger partial charge in [-0.25, -0.2) is 9.97 Å². The zero-order valence-electron chi connectivity index (χ0n) is 12.1. The van der Waals surface area contributed by atoms with Crippen LogP contribution in [-0.4, -0.2) is 53.8 Å². The van der Waals surface area contributed by atoms with Crippen molar-refractivity contribution in [1.29, 1.82) is 0 Å². The van der Waals surface area contributed by atoms with Crippen molar-refractivity contribution in [2.75, 3.05) is 26.0 Å². The lowest BCUT2D eigenvalue weighted by atomic mass is 10.4. The Hall–Kier alpha value is -2.20. The van der Waals surface area contributed by atoms with Crippen molar-refractivity contribution in [2.24, 2.45) is 0 Å². The van der Waals surface area contributed by atoms with Crippen molar-refractivity contribution in [3.63, 3.8) is 0 Å². The topological polar surface area (TPSA) is 107 Å². The summed E-state index contributed by atoms with van der Waals surface area (Å²) in [6.45, 7) is -0.716. The van der Waals surface area contributed by atoms with E-state index in [0.717, 1.165) is 10.2 Å². The molecule has 122 valence electrons. The van der Waals surface area contributed by atoms with Gasteiger partial charge in [0.05, 0.1) is 12.9 Å². The van der Waals surface area contributed by atoms with Gasteiger partial charge in [0.15, 0.2) is 6.61 Å². The van der Waals surface area contributed by atoms with Crippen molar-refractivity contribution in [3.05, 3.63) is 17.8 Å². The smallest absolute Gasteiger partial charge is 0.325 e. The summed E-state index contributed by atoms with van der Waals surface area (Å²) in [7, 11) is 1.21. The van der Waals surface area contributed by atoms with Crippen LogP contribution in [0.2, 0.25) is 0 Å². The highest BCUT2D eigenvalue weighted by Gasteiger charge is 2.12. The number of hydrogen-bond donors (Lipinski definition) is 1. The minimum absolute atomic E-state index is 0.0201. The van der Waals surface area contributed by atoms with Crippen molar-refractivity contribution < 1.29 is 23.9 Å². The molecule has 0 aliphatic carbocycles. The number of nitrogens with one attached hydrogen (secondary N) is 1. The molecular weight excluding hydrogens is 342 g/mol. The van der Waals surface area contributed by atoms with E-state index >= 15 is 0 Å². The van der Waals surface area contributed by atoms with Crippen LogP contribution in [0.1, 0.15) is 0 Å². The number of rotatable bonds is 7. The molecule has 8 nitrogen and oxygen atoms in total. The maximum absolute atomic E-state index is 11.6. The van der Waals surface area contributed by atoms with Gasteiger partial charge in [-0.1, -0.05) is 11.8 Å². The fourth-order valence-corrected chi connectivity index (χ4v) is 3.07. The summed E-state index contributed by atoms with van der Waals surface area (Å²) in [5.41, 5.74) is 0. The van der Waals surface area contributed by atoms with Crippen LogP contribution in [0, 0.1) is 0 Å². The van der Waals surface area contributed by atoms with Gasteiger partial charge in [0, 0.05) is 5.39 Å². The summed E-state index contributed by atoms with van der Waals surface area (Å²) in [4.78, 5) is 42.9. The summed E-state index contributed by atoms with van der Waals surface area (Å²) in [6, 6.07) is 1.88. The number of nitrogens with zero attached hydrogens (tertiary/aromatic N) is 2. The van der Waals surface area contributed by atoms with Crippen LogP contribution >= 0.6 is 23.1 Å². The number of thiophene rings is 1. The predicted molar refractivity (Wildman–Crippen MR) is 84.1 cm³/mol.